The van der Waals surface area contributed by atoms with Gasteiger partial charge in [0.05, 0.1) is 22.4 Å². The van der Waals surface area contributed by atoms with E-state index >= 15 is 0 Å². The first kappa shape index (κ1) is 25.4. The second kappa shape index (κ2) is 9.68. The summed E-state index contributed by atoms with van der Waals surface area (Å²) in [6.07, 6.45) is 1.18. The van der Waals surface area contributed by atoms with E-state index in [-0.39, 0.29) is 46.7 Å². The van der Waals surface area contributed by atoms with E-state index < -0.39 is 27.7 Å². The number of sulfone groups is 1. The number of hydrogen-bond donors (Lipinski definition) is 2. The minimum Gasteiger partial charge on any atom is -0.347 e. The number of fused-ring (bicyclic) bond motifs is 2. The van der Waals surface area contributed by atoms with Crippen LogP contribution in [0.5, 0.6) is 0 Å². The molecule has 2 aliphatic heterocycles. The molecule has 0 saturated carbocycles. The van der Waals surface area contributed by atoms with Gasteiger partial charge in [-0.2, -0.15) is 19.7 Å². The van der Waals surface area contributed by atoms with Gasteiger partial charge in [0.1, 0.15) is 30.1 Å². The number of nitrogens with one attached hydrogen (secondary N) is 2. The predicted octanol–water partition coefficient (Wildman–Crippen LogP) is 1.93. The summed E-state index contributed by atoms with van der Waals surface area (Å²) in [7, 11) is -3.69. The first-order chi connectivity index (χ1) is 19.2. The number of carbonyl (C=O) groups excluding carboxylic acids is 2. The monoisotopic (exact) mass is 561 g/mol. The average Bonchev–Trinajstić information content (AvgIpc) is 3.68. The maximum Gasteiger partial charge on any atom is 0.270 e. The van der Waals surface area contributed by atoms with Gasteiger partial charge < -0.3 is 10.6 Å². The van der Waals surface area contributed by atoms with Crippen LogP contribution in [0, 0.1) is 12.7 Å². The van der Waals surface area contributed by atoms with Crippen LogP contribution >= 0.6 is 0 Å². The van der Waals surface area contributed by atoms with Gasteiger partial charge in [-0.05, 0) is 41.0 Å². The van der Waals surface area contributed by atoms with Crippen LogP contribution in [0.2, 0.25) is 0 Å². The van der Waals surface area contributed by atoms with E-state index in [0.29, 0.717) is 28.0 Å². The molecular formula is C25H20FN9O4S. The fourth-order valence-corrected chi connectivity index (χ4v) is 6.32. The highest BCUT2D eigenvalue weighted by molar-refractivity contribution is 7.91. The molecule has 2 amide bonds. The zero-order valence-corrected chi connectivity index (χ0v) is 21.7. The summed E-state index contributed by atoms with van der Waals surface area (Å²) in [5, 5.41) is 20.7. The first-order valence-electron chi connectivity index (χ1n) is 12.0. The van der Waals surface area contributed by atoms with Gasteiger partial charge in [0, 0.05) is 18.2 Å². The van der Waals surface area contributed by atoms with Crippen molar-refractivity contribution in [1.29, 1.82) is 0 Å². The Morgan fingerprint density at radius 2 is 1.98 bits per heavy atom. The highest BCUT2D eigenvalue weighted by atomic mass is 32.2. The summed E-state index contributed by atoms with van der Waals surface area (Å²) >= 11 is 0. The lowest BCUT2D eigenvalue weighted by atomic mass is 10.0. The zero-order valence-electron chi connectivity index (χ0n) is 20.9. The summed E-state index contributed by atoms with van der Waals surface area (Å²) in [6.45, 7) is 1.98. The van der Waals surface area contributed by atoms with Crippen LogP contribution in [0.4, 0.5) is 4.39 Å². The van der Waals surface area contributed by atoms with Crippen molar-refractivity contribution in [3.05, 3.63) is 88.3 Å². The highest BCUT2D eigenvalue weighted by Crippen LogP contribution is 2.34. The summed E-state index contributed by atoms with van der Waals surface area (Å²) in [6, 6.07) is 9.75. The Hall–Kier alpha value is -4.92. The van der Waals surface area contributed by atoms with E-state index in [0.717, 1.165) is 4.52 Å². The van der Waals surface area contributed by atoms with E-state index in [1.54, 1.807) is 31.2 Å². The number of aryl methyl sites for hydroxylation is 1. The van der Waals surface area contributed by atoms with E-state index in [2.05, 4.69) is 41.1 Å². The Kier molecular flexibility index (Phi) is 6.14. The Labute approximate surface area is 226 Å². The summed E-state index contributed by atoms with van der Waals surface area (Å²) < 4.78 is 40.6. The molecule has 202 valence electrons. The standard InChI is InChI=1S/C25H20FN9O4S/c1-13-6-14(2-5-17(13)26)9-27-23(36)18-8-21(35-25(32-18)28-12-30-35)24(37)31-20-11-40(38,39)22-7-15(3-4-16(20)22)19-10-29-34-33-19/h2-8,12,20H,9-11H2,1H3,(H,27,36)(H,31,37). The normalized spacial score (nSPS) is 17.1. The number of benzene rings is 2. The third-order valence-corrected chi connectivity index (χ3v) is 8.39. The van der Waals surface area contributed by atoms with Crippen molar-refractivity contribution >= 4 is 33.1 Å². The van der Waals surface area contributed by atoms with Gasteiger partial charge >= 0.3 is 0 Å². The third-order valence-electron chi connectivity index (χ3n) is 6.59. The number of halogens is 1. The number of amides is 2. The van der Waals surface area contributed by atoms with Gasteiger partial charge in [-0.1, -0.05) is 24.3 Å². The second-order valence-electron chi connectivity index (χ2n) is 9.26. The lowest BCUT2D eigenvalue weighted by Crippen LogP contribution is -2.32. The number of aromatic nitrogens is 4. The molecule has 13 nitrogen and oxygen atoms in total. The molecule has 0 spiro atoms. The van der Waals surface area contributed by atoms with Gasteiger partial charge in [0.2, 0.25) is 0 Å². The molecule has 1 atom stereocenters. The number of hydrogen-bond acceptors (Lipinski definition) is 10. The lowest BCUT2D eigenvalue weighted by molar-refractivity contribution is 0.0933. The fraction of sp³-hybridized carbons (Fsp3) is 0.200. The molecule has 15 heteroatoms. The molecule has 4 heterocycles. The molecule has 4 aromatic rings. The SMILES string of the molecule is Cc1cc(CNC(=O)c2cc(C(=O)NC3CS(=O)(=O)c4cc(C5=NN=NC5)ccc43)n3ncnc3n2)ccc1F. The molecule has 2 N–H and O–H groups in total. The Morgan fingerprint density at radius 3 is 2.75 bits per heavy atom. The topological polar surface area (TPSA) is 172 Å². The molecular weight excluding hydrogens is 541 g/mol. The Morgan fingerprint density at radius 1 is 1.12 bits per heavy atom. The maximum atomic E-state index is 13.6. The van der Waals surface area contributed by atoms with Crippen LogP contribution in [0.25, 0.3) is 5.78 Å². The molecule has 1 unspecified atom stereocenters. The molecule has 0 bridgehead atoms. The molecule has 0 saturated heterocycles. The van der Waals surface area contributed by atoms with Crippen LogP contribution < -0.4 is 10.6 Å². The van der Waals surface area contributed by atoms with Crippen molar-refractivity contribution in [3.63, 3.8) is 0 Å². The molecule has 6 rings (SSSR count). The van der Waals surface area contributed by atoms with E-state index in [9.17, 15) is 22.4 Å². The molecule has 0 aliphatic carbocycles. The molecule has 2 aromatic carbocycles. The van der Waals surface area contributed by atoms with Gasteiger partial charge in [-0.3, -0.25) is 9.59 Å². The number of rotatable bonds is 6. The van der Waals surface area contributed by atoms with E-state index in [1.807, 2.05) is 0 Å². The summed E-state index contributed by atoms with van der Waals surface area (Å²) in [5.41, 5.74) is 2.54. The van der Waals surface area contributed by atoms with Crippen molar-refractivity contribution in [1.82, 2.24) is 30.2 Å². The van der Waals surface area contributed by atoms with Gasteiger partial charge in [0.25, 0.3) is 17.6 Å². The predicted molar refractivity (Wildman–Crippen MR) is 138 cm³/mol. The number of nitrogens with zero attached hydrogens (tertiary/aromatic N) is 7. The minimum absolute atomic E-state index is 0.00711. The van der Waals surface area contributed by atoms with Gasteiger partial charge in [0.15, 0.2) is 9.84 Å². The quantitative estimate of drug-likeness (QED) is 0.362. The van der Waals surface area contributed by atoms with E-state index in [1.165, 1.54) is 24.5 Å². The molecule has 0 fully saturated rings. The molecule has 0 radical (unpaired) electrons. The molecule has 2 aromatic heterocycles. The van der Waals surface area contributed by atoms with Gasteiger partial charge in [-0.15, -0.1) is 5.10 Å². The Balaban J connectivity index is 1.25. The molecule has 2 aliphatic rings. The van der Waals surface area contributed by atoms with Crippen LogP contribution in [0.1, 0.15) is 49.3 Å². The van der Waals surface area contributed by atoms with Crippen LogP contribution in [-0.2, 0) is 16.4 Å². The summed E-state index contributed by atoms with van der Waals surface area (Å²) in [4.78, 5) is 34.6. The van der Waals surface area contributed by atoms with Crippen molar-refractivity contribution < 1.29 is 22.4 Å². The second-order valence-corrected chi connectivity index (χ2v) is 11.3. The van der Waals surface area contributed by atoms with Crippen LogP contribution in [0.15, 0.2) is 69.1 Å². The largest absolute Gasteiger partial charge is 0.347 e. The van der Waals surface area contributed by atoms with Gasteiger partial charge in [-0.25, -0.2) is 17.8 Å². The third kappa shape index (κ3) is 4.59. The van der Waals surface area contributed by atoms with Crippen LogP contribution in [0.3, 0.4) is 0 Å². The minimum atomic E-state index is -3.69. The number of carbonyl (C=O) groups is 2. The van der Waals surface area contributed by atoms with Crippen molar-refractivity contribution in [2.24, 2.45) is 15.4 Å². The fourth-order valence-electron chi connectivity index (χ4n) is 4.57. The lowest BCUT2D eigenvalue weighted by Gasteiger charge is -2.14. The Bertz CT molecular complexity index is 1880. The van der Waals surface area contributed by atoms with Crippen LogP contribution in [-0.4, -0.2) is 57.8 Å². The van der Waals surface area contributed by atoms with Crippen molar-refractivity contribution in [2.45, 2.75) is 24.4 Å². The molecule has 40 heavy (non-hydrogen) atoms. The zero-order chi connectivity index (χ0) is 28.0. The average molecular weight is 562 g/mol. The summed E-state index contributed by atoms with van der Waals surface area (Å²) in [5.74, 6) is -1.94. The van der Waals surface area contributed by atoms with Crippen molar-refractivity contribution in [3.8, 4) is 0 Å². The highest BCUT2D eigenvalue weighted by Gasteiger charge is 2.37. The van der Waals surface area contributed by atoms with E-state index in [4.69, 9.17) is 0 Å². The first-order valence-corrected chi connectivity index (χ1v) is 13.7. The maximum absolute atomic E-state index is 13.6. The smallest absolute Gasteiger partial charge is 0.270 e. The van der Waals surface area contributed by atoms with Crippen molar-refractivity contribution in [2.75, 3.05) is 12.3 Å².